The molecule has 0 saturated heterocycles. The van der Waals surface area contributed by atoms with Crippen molar-refractivity contribution in [2.45, 2.75) is 32.2 Å². The van der Waals surface area contributed by atoms with Crippen molar-refractivity contribution < 1.29 is 4.79 Å². The van der Waals surface area contributed by atoms with Gasteiger partial charge in [0.2, 0.25) is 5.91 Å². The maximum atomic E-state index is 12.4. The monoisotopic (exact) mass is 351 g/mol. The van der Waals surface area contributed by atoms with Gasteiger partial charge in [-0.3, -0.25) is 14.2 Å². The smallest absolute Gasteiger partial charge is 0.257 e. The quantitative estimate of drug-likeness (QED) is 0.923. The van der Waals surface area contributed by atoms with Crippen molar-refractivity contribution in [1.29, 1.82) is 0 Å². The largest absolute Gasteiger partial charge is 0.323 e. The molecule has 1 heterocycles. The Bertz CT molecular complexity index is 817. The van der Waals surface area contributed by atoms with Gasteiger partial charge in [0.15, 0.2) is 0 Å². The summed E-state index contributed by atoms with van der Waals surface area (Å²) >= 11 is 11.9. The van der Waals surface area contributed by atoms with Crippen LogP contribution in [0.2, 0.25) is 10.0 Å². The highest BCUT2D eigenvalue weighted by atomic mass is 35.5. The summed E-state index contributed by atoms with van der Waals surface area (Å²) in [5.41, 5.74) is 1.87. The highest BCUT2D eigenvalue weighted by Crippen LogP contribution is 2.25. The molecule has 1 amide bonds. The number of anilines is 1. The van der Waals surface area contributed by atoms with Gasteiger partial charge in [0.1, 0.15) is 6.54 Å². The molecule has 1 N–H and O–H groups in total. The molecule has 5 nitrogen and oxygen atoms in total. The van der Waals surface area contributed by atoms with Gasteiger partial charge in [0, 0.05) is 10.6 Å². The van der Waals surface area contributed by atoms with E-state index in [0.717, 1.165) is 36.9 Å². The molecule has 0 bridgehead atoms. The maximum Gasteiger partial charge on any atom is 0.257 e. The van der Waals surface area contributed by atoms with Gasteiger partial charge in [-0.1, -0.05) is 23.2 Å². The number of carbonyl (C=O) groups is 1. The van der Waals surface area contributed by atoms with Crippen molar-refractivity contribution in [3.8, 4) is 0 Å². The molecule has 1 aliphatic carbocycles. The number of fused-ring (bicyclic) bond motifs is 1. The first-order valence-electron chi connectivity index (χ1n) is 7.36. The molecule has 0 atom stereocenters. The Morgan fingerprint density at radius 2 is 2.04 bits per heavy atom. The summed E-state index contributed by atoms with van der Waals surface area (Å²) in [6, 6.07) is 4.80. The number of rotatable bonds is 3. The number of hydrogen-bond acceptors (Lipinski definition) is 3. The molecule has 1 aromatic heterocycles. The van der Waals surface area contributed by atoms with E-state index in [1.807, 2.05) is 0 Å². The summed E-state index contributed by atoms with van der Waals surface area (Å²) < 4.78 is 1.33. The van der Waals surface area contributed by atoms with Crippen molar-refractivity contribution in [3.63, 3.8) is 0 Å². The molecule has 0 saturated carbocycles. The van der Waals surface area contributed by atoms with Gasteiger partial charge in [-0.05, 0) is 43.9 Å². The van der Waals surface area contributed by atoms with Crippen LogP contribution in [0.1, 0.15) is 24.1 Å². The van der Waals surface area contributed by atoms with Crippen LogP contribution in [0.4, 0.5) is 5.69 Å². The molecular weight excluding hydrogens is 337 g/mol. The molecule has 1 aliphatic rings. The molecule has 0 aliphatic heterocycles. The van der Waals surface area contributed by atoms with Gasteiger partial charge in [0.05, 0.1) is 22.7 Å². The zero-order chi connectivity index (χ0) is 16.4. The number of hydrogen-bond donors (Lipinski definition) is 1. The maximum absolute atomic E-state index is 12.4. The Balaban J connectivity index is 1.78. The van der Waals surface area contributed by atoms with E-state index in [-0.39, 0.29) is 18.0 Å². The minimum atomic E-state index is -0.353. The molecule has 2 aromatic rings. The average molecular weight is 352 g/mol. The molecule has 3 rings (SSSR count). The molecule has 23 heavy (non-hydrogen) atoms. The minimum absolute atomic E-state index is 0.109. The standard InChI is InChI=1S/C16H15Cl2N3O2/c17-10-5-6-12(18)14(7-10)20-15(22)8-21-9-19-13-4-2-1-3-11(13)16(21)23/h5-7,9H,1-4,8H2,(H,20,22). The number of benzene rings is 1. The van der Waals surface area contributed by atoms with E-state index in [1.165, 1.54) is 10.9 Å². The highest BCUT2D eigenvalue weighted by molar-refractivity contribution is 6.35. The van der Waals surface area contributed by atoms with Crippen molar-refractivity contribution in [1.82, 2.24) is 9.55 Å². The first-order chi connectivity index (χ1) is 11.0. The SMILES string of the molecule is O=C(Cn1cnc2c(c1=O)CCCC2)Nc1cc(Cl)ccc1Cl. The van der Waals surface area contributed by atoms with Crippen LogP contribution in [0, 0.1) is 0 Å². The van der Waals surface area contributed by atoms with Gasteiger partial charge in [-0.25, -0.2) is 4.98 Å². The van der Waals surface area contributed by atoms with Gasteiger partial charge < -0.3 is 5.32 Å². The summed E-state index contributed by atoms with van der Waals surface area (Å²) in [6.07, 6.45) is 5.03. The third-order valence-corrected chi connectivity index (χ3v) is 4.39. The summed E-state index contributed by atoms with van der Waals surface area (Å²) in [7, 11) is 0. The Morgan fingerprint density at radius 3 is 2.87 bits per heavy atom. The lowest BCUT2D eigenvalue weighted by Gasteiger charge is -2.15. The van der Waals surface area contributed by atoms with Crippen LogP contribution < -0.4 is 10.9 Å². The number of halogens is 2. The summed E-state index contributed by atoms with van der Waals surface area (Å²) in [5, 5.41) is 3.52. The van der Waals surface area contributed by atoms with Gasteiger partial charge in [-0.2, -0.15) is 0 Å². The summed E-state index contributed by atoms with van der Waals surface area (Å²) in [5.74, 6) is -0.353. The van der Waals surface area contributed by atoms with E-state index in [4.69, 9.17) is 23.2 Å². The zero-order valence-electron chi connectivity index (χ0n) is 12.3. The first kappa shape index (κ1) is 16.0. The summed E-state index contributed by atoms with van der Waals surface area (Å²) in [6.45, 7) is -0.109. The highest BCUT2D eigenvalue weighted by Gasteiger charge is 2.17. The summed E-state index contributed by atoms with van der Waals surface area (Å²) in [4.78, 5) is 28.9. The number of aryl methyl sites for hydroxylation is 1. The predicted molar refractivity (Wildman–Crippen MR) is 90.2 cm³/mol. The predicted octanol–water partition coefficient (Wildman–Crippen LogP) is 3.07. The van der Waals surface area contributed by atoms with E-state index < -0.39 is 0 Å². The van der Waals surface area contributed by atoms with E-state index in [0.29, 0.717) is 15.7 Å². The van der Waals surface area contributed by atoms with Crippen molar-refractivity contribution >= 4 is 34.8 Å². The second-order valence-corrected chi connectivity index (χ2v) is 6.33. The van der Waals surface area contributed by atoms with Gasteiger partial charge in [0.25, 0.3) is 5.56 Å². The van der Waals surface area contributed by atoms with Crippen LogP contribution in [0.5, 0.6) is 0 Å². The van der Waals surface area contributed by atoms with Crippen LogP contribution in [0.15, 0.2) is 29.3 Å². The van der Waals surface area contributed by atoms with E-state index in [1.54, 1.807) is 18.2 Å². The van der Waals surface area contributed by atoms with Crippen LogP contribution in [0.3, 0.4) is 0 Å². The minimum Gasteiger partial charge on any atom is -0.323 e. The lowest BCUT2D eigenvalue weighted by atomic mass is 9.97. The molecule has 120 valence electrons. The fourth-order valence-corrected chi connectivity index (χ4v) is 3.01. The first-order valence-corrected chi connectivity index (χ1v) is 8.12. The van der Waals surface area contributed by atoms with E-state index >= 15 is 0 Å². The third kappa shape index (κ3) is 3.57. The van der Waals surface area contributed by atoms with Crippen LogP contribution >= 0.6 is 23.2 Å². The van der Waals surface area contributed by atoms with Gasteiger partial charge in [-0.15, -0.1) is 0 Å². The average Bonchev–Trinajstić information content (AvgIpc) is 2.54. The molecule has 7 heteroatoms. The lowest BCUT2D eigenvalue weighted by Crippen LogP contribution is -2.32. The molecule has 1 aromatic carbocycles. The number of aromatic nitrogens is 2. The molecular formula is C16H15Cl2N3O2. The third-order valence-electron chi connectivity index (χ3n) is 3.83. The molecule has 0 unspecified atom stereocenters. The van der Waals surface area contributed by atoms with Crippen molar-refractivity contribution in [3.05, 3.63) is 56.2 Å². The van der Waals surface area contributed by atoms with Gasteiger partial charge >= 0.3 is 0 Å². The fraction of sp³-hybridized carbons (Fsp3) is 0.312. The Labute approximate surface area is 143 Å². The van der Waals surface area contributed by atoms with Crippen molar-refractivity contribution in [2.24, 2.45) is 0 Å². The Morgan fingerprint density at radius 1 is 1.26 bits per heavy atom. The topological polar surface area (TPSA) is 64.0 Å². The Kier molecular flexibility index (Phi) is 4.68. The molecule has 0 fully saturated rings. The Hall–Kier alpha value is -1.85. The van der Waals surface area contributed by atoms with Crippen molar-refractivity contribution in [2.75, 3.05) is 5.32 Å². The lowest BCUT2D eigenvalue weighted by molar-refractivity contribution is -0.116. The number of nitrogens with one attached hydrogen (secondary N) is 1. The van der Waals surface area contributed by atoms with Crippen LogP contribution in [-0.2, 0) is 24.2 Å². The van der Waals surface area contributed by atoms with E-state index in [2.05, 4.69) is 10.3 Å². The van der Waals surface area contributed by atoms with E-state index in [9.17, 15) is 9.59 Å². The normalized spacial score (nSPS) is 13.5. The van der Waals surface area contributed by atoms with Crippen LogP contribution in [0.25, 0.3) is 0 Å². The number of amides is 1. The fourth-order valence-electron chi connectivity index (χ4n) is 2.68. The zero-order valence-corrected chi connectivity index (χ0v) is 13.8. The number of carbonyl (C=O) groups excluding carboxylic acids is 1. The molecule has 0 spiro atoms. The second kappa shape index (κ2) is 6.72. The number of nitrogens with zero attached hydrogens (tertiary/aromatic N) is 2. The second-order valence-electron chi connectivity index (χ2n) is 5.48. The van der Waals surface area contributed by atoms with Crippen LogP contribution in [-0.4, -0.2) is 15.5 Å². The molecule has 0 radical (unpaired) electrons.